The van der Waals surface area contributed by atoms with Crippen LogP contribution in [0.4, 0.5) is 0 Å². The molecule has 0 fully saturated rings. The number of carbonyl (C=O) groups is 3. The molecule has 8 nitrogen and oxygen atoms in total. The second kappa shape index (κ2) is 7.84. The molecule has 26 heavy (non-hydrogen) atoms. The van der Waals surface area contributed by atoms with Gasteiger partial charge in [0.25, 0.3) is 0 Å². The fraction of sp³-hybridized carbons (Fsp3) is 0.500. The summed E-state index contributed by atoms with van der Waals surface area (Å²) in [5, 5.41) is 49.2. The van der Waals surface area contributed by atoms with Crippen LogP contribution >= 0.6 is 0 Å². The molecule has 0 heterocycles. The van der Waals surface area contributed by atoms with Crippen molar-refractivity contribution in [1.82, 2.24) is 0 Å². The monoisotopic (exact) mass is 370 g/mol. The van der Waals surface area contributed by atoms with Crippen molar-refractivity contribution in [2.45, 2.75) is 52.7 Å². The Kier molecular flexibility index (Phi) is 7.10. The van der Waals surface area contributed by atoms with Gasteiger partial charge in [-0.1, -0.05) is 18.2 Å². The van der Waals surface area contributed by atoms with Gasteiger partial charge in [0, 0.05) is 16.7 Å². The van der Waals surface area contributed by atoms with Crippen molar-refractivity contribution in [3.05, 3.63) is 34.9 Å². The molecular weight excluding hydrogens is 344 g/mol. The molecule has 0 bridgehead atoms. The van der Waals surface area contributed by atoms with E-state index in [-0.39, 0.29) is 16.7 Å². The van der Waals surface area contributed by atoms with Gasteiger partial charge in [0.2, 0.25) is 0 Å². The summed E-state index contributed by atoms with van der Waals surface area (Å²) >= 11 is 0. The Morgan fingerprint density at radius 1 is 0.654 bits per heavy atom. The van der Waals surface area contributed by atoms with Crippen molar-refractivity contribution in [3.8, 4) is 0 Å². The molecule has 0 radical (unpaired) electrons. The normalized spacial score (nSPS) is 18.7. The average molecular weight is 370 g/mol. The summed E-state index contributed by atoms with van der Waals surface area (Å²) < 4.78 is 0. The Morgan fingerprint density at radius 3 is 1.04 bits per heavy atom. The molecule has 5 N–H and O–H groups in total. The molecule has 0 rings (SSSR count). The summed E-state index contributed by atoms with van der Waals surface area (Å²) in [6.45, 7) is 7.32. The third-order valence-corrected chi connectivity index (χ3v) is 4.41. The Labute approximate surface area is 151 Å². The van der Waals surface area contributed by atoms with Crippen molar-refractivity contribution in [1.29, 1.82) is 0 Å². The van der Waals surface area contributed by atoms with Crippen molar-refractivity contribution >= 4 is 17.9 Å². The van der Waals surface area contributed by atoms with Crippen LogP contribution in [0.3, 0.4) is 0 Å². The van der Waals surface area contributed by atoms with Gasteiger partial charge < -0.3 is 25.5 Å². The summed E-state index contributed by atoms with van der Waals surface area (Å²) in [5.41, 5.74) is -6.74. The molecule has 0 aliphatic carbocycles. The van der Waals surface area contributed by atoms with Crippen LogP contribution in [0.2, 0.25) is 0 Å². The van der Waals surface area contributed by atoms with Gasteiger partial charge in [-0.3, -0.25) is 0 Å². The van der Waals surface area contributed by atoms with Crippen LogP contribution in [-0.2, 0) is 14.4 Å². The average Bonchev–Trinajstić information content (AvgIpc) is 2.44. The van der Waals surface area contributed by atoms with Crippen LogP contribution in [0.25, 0.3) is 0 Å². The van der Waals surface area contributed by atoms with Gasteiger partial charge in [-0.15, -0.1) is 0 Å². The molecule has 1 atom stereocenters. The Balaban J connectivity index is 7.27. The molecule has 0 aliphatic heterocycles. The molecule has 0 aromatic rings. The highest BCUT2D eigenvalue weighted by Gasteiger charge is 2.52. The van der Waals surface area contributed by atoms with E-state index in [2.05, 4.69) is 0 Å². The van der Waals surface area contributed by atoms with Crippen LogP contribution in [-0.4, -0.2) is 54.6 Å². The lowest BCUT2D eigenvalue weighted by Crippen LogP contribution is -2.58. The van der Waals surface area contributed by atoms with E-state index >= 15 is 0 Å². The van der Waals surface area contributed by atoms with Crippen LogP contribution < -0.4 is 0 Å². The van der Waals surface area contributed by atoms with E-state index < -0.39 is 34.5 Å². The lowest BCUT2D eigenvalue weighted by atomic mass is 9.63. The third-order valence-electron chi connectivity index (χ3n) is 4.41. The number of hydrogen-bond donors (Lipinski definition) is 5. The van der Waals surface area contributed by atoms with E-state index in [0.29, 0.717) is 0 Å². The van der Waals surface area contributed by atoms with Gasteiger partial charge in [0.1, 0.15) is 5.60 Å². The fourth-order valence-electron chi connectivity index (χ4n) is 2.34. The number of carboxylic acid groups (broad SMARTS) is 3. The van der Waals surface area contributed by atoms with Gasteiger partial charge in [-0.05, 0) is 41.5 Å². The first-order valence-corrected chi connectivity index (χ1v) is 7.71. The molecule has 0 amide bonds. The zero-order chi connectivity index (χ0) is 21.1. The van der Waals surface area contributed by atoms with Gasteiger partial charge in [-0.25, -0.2) is 14.4 Å². The van der Waals surface area contributed by atoms with Crippen LogP contribution in [0, 0.1) is 5.41 Å². The summed E-state index contributed by atoms with van der Waals surface area (Å²) in [5.74, 6) is -4.03. The quantitative estimate of drug-likeness (QED) is 0.404. The highest BCUT2D eigenvalue weighted by Crippen LogP contribution is 2.45. The summed E-state index contributed by atoms with van der Waals surface area (Å²) in [4.78, 5) is 33.9. The minimum atomic E-state index is -2.16. The van der Waals surface area contributed by atoms with Gasteiger partial charge in [0.05, 0.1) is 11.0 Å². The largest absolute Gasteiger partial charge is 0.478 e. The van der Waals surface area contributed by atoms with Crippen LogP contribution in [0.15, 0.2) is 34.9 Å². The minimum absolute atomic E-state index is 0.265. The van der Waals surface area contributed by atoms with E-state index in [0.717, 1.165) is 18.2 Å². The standard InChI is InChI=1S/C18H26O8/c1-10(13(19)20)7-18(8-11(2)14(21)22,9-12(3)15(23)24)17(6,26)16(4,5)25/h7-9,25-26H,1-6H3,(H,19,20)(H,21,22)(H,23,24). The molecule has 0 saturated heterocycles. The molecule has 1 unspecified atom stereocenters. The molecule has 8 heteroatoms. The Bertz CT molecular complexity index is 612. The number of aliphatic hydroxyl groups is 2. The maximum Gasteiger partial charge on any atom is 0.330 e. The highest BCUT2D eigenvalue weighted by atomic mass is 16.4. The van der Waals surface area contributed by atoms with E-state index in [1.54, 1.807) is 0 Å². The number of hydrogen-bond acceptors (Lipinski definition) is 5. The van der Waals surface area contributed by atoms with E-state index in [1.807, 2.05) is 0 Å². The van der Waals surface area contributed by atoms with Crippen molar-refractivity contribution in [2.24, 2.45) is 5.41 Å². The zero-order valence-electron chi connectivity index (χ0n) is 15.7. The van der Waals surface area contributed by atoms with E-state index in [9.17, 15) is 39.9 Å². The maximum atomic E-state index is 11.3. The number of carboxylic acids is 3. The van der Waals surface area contributed by atoms with Crippen molar-refractivity contribution in [2.75, 3.05) is 0 Å². The van der Waals surface area contributed by atoms with Crippen LogP contribution in [0.5, 0.6) is 0 Å². The van der Waals surface area contributed by atoms with E-state index in [1.165, 1.54) is 41.5 Å². The van der Waals surface area contributed by atoms with Crippen molar-refractivity contribution in [3.63, 3.8) is 0 Å². The molecule has 0 aromatic heterocycles. The number of aliphatic carboxylic acids is 3. The Hall–Kier alpha value is -2.45. The highest BCUT2D eigenvalue weighted by molar-refractivity contribution is 5.89. The smallest absolute Gasteiger partial charge is 0.330 e. The predicted molar refractivity (Wildman–Crippen MR) is 93.5 cm³/mol. The third kappa shape index (κ3) is 5.03. The van der Waals surface area contributed by atoms with Crippen molar-refractivity contribution < 1.29 is 39.9 Å². The summed E-state index contributed by atoms with van der Waals surface area (Å²) in [7, 11) is 0. The summed E-state index contributed by atoms with van der Waals surface area (Å²) in [6.07, 6.45) is 3.10. The van der Waals surface area contributed by atoms with Gasteiger partial charge >= 0.3 is 17.9 Å². The molecule has 0 saturated carbocycles. The predicted octanol–water partition coefficient (Wildman–Crippen LogP) is 1.59. The fourth-order valence-corrected chi connectivity index (χ4v) is 2.34. The first kappa shape index (κ1) is 23.5. The minimum Gasteiger partial charge on any atom is -0.478 e. The van der Waals surface area contributed by atoms with Gasteiger partial charge in [-0.2, -0.15) is 0 Å². The molecule has 146 valence electrons. The topological polar surface area (TPSA) is 152 Å². The van der Waals surface area contributed by atoms with Gasteiger partial charge in [0.15, 0.2) is 0 Å². The Morgan fingerprint density at radius 2 is 0.885 bits per heavy atom. The SMILES string of the molecule is CC(=CC(C=C(C)C(=O)O)(C=C(C)C(=O)O)C(C)(O)C(C)(C)O)C(=O)O. The number of rotatable bonds is 8. The second-order valence-electron chi connectivity index (χ2n) is 6.96. The lowest BCUT2D eigenvalue weighted by Gasteiger charge is -2.47. The lowest BCUT2D eigenvalue weighted by molar-refractivity contribution is -0.153. The molecule has 0 aromatic carbocycles. The first-order chi connectivity index (χ1) is 11.5. The maximum absolute atomic E-state index is 11.3. The first-order valence-electron chi connectivity index (χ1n) is 7.71. The summed E-state index contributed by atoms with van der Waals surface area (Å²) in [6, 6.07) is 0. The molecular formula is C18H26O8. The van der Waals surface area contributed by atoms with E-state index in [4.69, 9.17) is 0 Å². The van der Waals surface area contributed by atoms with Crippen LogP contribution in [0.1, 0.15) is 41.5 Å². The molecule has 0 aliphatic rings. The molecule has 0 spiro atoms. The second-order valence-corrected chi connectivity index (χ2v) is 6.96. The zero-order valence-corrected chi connectivity index (χ0v) is 15.7.